The molecule has 9 heteroatoms. The first-order chi connectivity index (χ1) is 14.1. The van der Waals surface area contributed by atoms with Crippen LogP contribution in [-0.4, -0.2) is 36.8 Å². The number of anilines is 1. The van der Waals surface area contributed by atoms with Gasteiger partial charge in [-0.05, 0) is 39.8 Å². The smallest absolute Gasteiger partial charge is 0.265 e. The van der Waals surface area contributed by atoms with Gasteiger partial charge in [-0.15, -0.1) is 0 Å². The van der Waals surface area contributed by atoms with Gasteiger partial charge in [0.2, 0.25) is 5.91 Å². The van der Waals surface area contributed by atoms with E-state index >= 15 is 0 Å². The second-order valence-electron chi connectivity index (χ2n) is 8.39. The van der Waals surface area contributed by atoms with E-state index in [1.54, 1.807) is 39.7 Å². The van der Waals surface area contributed by atoms with Crippen molar-refractivity contribution in [1.29, 1.82) is 0 Å². The third-order valence-electron chi connectivity index (χ3n) is 4.98. The van der Waals surface area contributed by atoms with Gasteiger partial charge < -0.3 is 5.32 Å². The average Bonchev–Trinajstić information content (AvgIpc) is 3.26. The number of fused-ring (bicyclic) bond motifs is 2. The number of hydrogen-bond donors (Lipinski definition) is 1. The third kappa shape index (κ3) is 3.65. The van der Waals surface area contributed by atoms with Crippen LogP contribution < -0.4 is 10.9 Å². The monoisotopic (exact) mass is 425 g/mol. The topological polar surface area (TPSA) is 98.9 Å². The number of carbonyl (C=O) groups excluding carboxylic acids is 2. The number of aromatic nitrogens is 4. The van der Waals surface area contributed by atoms with Crippen LogP contribution in [0, 0.1) is 0 Å². The van der Waals surface area contributed by atoms with Crippen molar-refractivity contribution in [2.45, 2.75) is 50.9 Å². The number of hydrogen-bond acceptors (Lipinski definition) is 6. The van der Waals surface area contributed by atoms with E-state index in [1.165, 1.54) is 18.7 Å². The summed E-state index contributed by atoms with van der Waals surface area (Å²) in [7, 11) is 0. The summed E-state index contributed by atoms with van der Waals surface area (Å²) in [6.07, 6.45) is 1.70. The van der Waals surface area contributed by atoms with Crippen molar-refractivity contribution in [3.05, 3.63) is 46.4 Å². The van der Waals surface area contributed by atoms with E-state index < -0.39 is 0 Å². The van der Waals surface area contributed by atoms with Crippen LogP contribution in [0.2, 0.25) is 0 Å². The zero-order valence-electron chi connectivity index (χ0n) is 17.3. The molecule has 8 nitrogen and oxygen atoms in total. The average molecular weight is 426 g/mol. The summed E-state index contributed by atoms with van der Waals surface area (Å²) in [4.78, 5) is 41.9. The van der Waals surface area contributed by atoms with Gasteiger partial charge in [-0.3, -0.25) is 19.0 Å². The highest BCUT2D eigenvalue weighted by atomic mass is 32.2. The molecule has 156 valence electrons. The molecule has 2 aromatic heterocycles. The molecule has 30 heavy (non-hydrogen) atoms. The zero-order chi connectivity index (χ0) is 21.6. The third-order valence-corrected chi connectivity index (χ3v) is 6.08. The molecule has 0 saturated carbocycles. The first-order valence-electron chi connectivity index (χ1n) is 9.69. The van der Waals surface area contributed by atoms with E-state index in [0.29, 0.717) is 33.2 Å². The maximum absolute atomic E-state index is 13.1. The highest BCUT2D eigenvalue weighted by molar-refractivity contribution is 7.99. The lowest BCUT2D eigenvalue weighted by Crippen LogP contribution is -2.29. The van der Waals surface area contributed by atoms with Crippen LogP contribution in [0.3, 0.4) is 0 Å². The fourth-order valence-corrected chi connectivity index (χ4v) is 4.64. The van der Waals surface area contributed by atoms with Gasteiger partial charge in [0.1, 0.15) is 5.39 Å². The van der Waals surface area contributed by atoms with Crippen LogP contribution in [0.15, 0.2) is 40.4 Å². The van der Waals surface area contributed by atoms with Crippen molar-refractivity contribution < 1.29 is 9.59 Å². The summed E-state index contributed by atoms with van der Waals surface area (Å²) in [5.74, 6) is 0.315. The van der Waals surface area contributed by atoms with E-state index in [2.05, 4.69) is 15.4 Å². The molecular weight excluding hydrogens is 402 g/mol. The van der Waals surface area contributed by atoms with Crippen molar-refractivity contribution in [3.63, 3.8) is 0 Å². The van der Waals surface area contributed by atoms with E-state index in [4.69, 9.17) is 0 Å². The van der Waals surface area contributed by atoms with Crippen LogP contribution in [0.4, 0.5) is 5.69 Å². The molecule has 3 heterocycles. The quantitative estimate of drug-likeness (QED) is 0.509. The van der Waals surface area contributed by atoms with Crippen molar-refractivity contribution in [2.24, 2.45) is 0 Å². The van der Waals surface area contributed by atoms with Gasteiger partial charge in [0.15, 0.2) is 16.6 Å². The Morgan fingerprint density at radius 3 is 2.77 bits per heavy atom. The Kier molecular flexibility index (Phi) is 5.01. The number of ketones is 1. The molecule has 3 aromatic rings. The minimum atomic E-state index is -0.295. The summed E-state index contributed by atoms with van der Waals surface area (Å²) in [6, 6.07) is 6.53. The second-order valence-corrected chi connectivity index (χ2v) is 9.38. The number of thioether (sulfide) groups is 1. The minimum absolute atomic E-state index is 0.0651. The summed E-state index contributed by atoms with van der Waals surface area (Å²) in [5, 5.41) is 8.24. The maximum atomic E-state index is 13.1. The molecule has 1 aliphatic rings. The molecule has 1 aromatic carbocycles. The predicted octanol–water partition coefficient (Wildman–Crippen LogP) is 3.23. The van der Waals surface area contributed by atoms with E-state index in [9.17, 15) is 14.4 Å². The zero-order valence-corrected chi connectivity index (χ0v) is 18.1. The Labute approximate surface area is 177 Å². The molecule has 0 aliphatic carbocycles. The molecular formula is C21H23N5O3S. The molecule has 1 aliphatic heterocycles. The number of nitrogens with zero attached hydrogens (tertiary/aromatic N) is 4. The van der Waals surface area contributed by atoms with Crippen LogP contribution >= 0.6 is 11.8 Å². The standard InChI is InChI=1S/C21H23N5O3S/c1-12(27)13-6-5-7-14(8-13)23-17(28)9-15-11-30-20-24-18-16(19(29)25(15)20)10-22-26(18)21(2,3)4/h5-8,10,15H,9,11H2,1-4H3,(H,23,28). The fourth-order valence-electron chi connectivity index (χ4n) is 3.51. The van der Waals surface area contributed by atoms with Crippen molar-refractivity contribution >= 4 is 40.2 Å². The number of carbonyl (C=O) groups is 2. The van der Waals surface area contributed by atoms with Gasteiger partial charge in [0, 0.05) is 23.4 Å². The van der Waals surface area contributed by atoms with Gasteiger partial charge in [0.25, 0.3) is 5.56 Å². The molecule has 0 fully saturated rings. The lowest BCUT2D eigenvalue weighted by molar-refractivity contribution is -0.116. The first kappa shape index (κ1) is 20.3. The van der Waals surface area contributed by atoms with Crippen LogP contribution in [0.1, 0.15) is 50.5 Å². The van der Waals surface area contributed by atoms with E-state index in [0.717, 1.165) is 0 Å². The molecule has 1 N–H and O–H groups in total. The normalized spacial score (nSPS) is 15.9. The van der Waals surface area contributed by atoms with Gasteiger partial charge in [-0.1, -0.05) is 23.9 Å². The highest BCUT2D eigenvalue weighted by Gasteiger charge is 2.30. The van der Waals surface area contributed by atoms with Crippen molar-refractivity contribution in [1.82, 2.24) is 19.3 Å². The van der Waals surface area contributed by atoms with Gasteiger partial charge in [0.05, 0.1) is 17.8 Å². The summed E-state index contributed by atoms with van der Waals surface area (Å²) < 4.78 is 3.36. The SMILES string of the molecule is CC(=O)c1cccc(NC(=O)CC2CSc3nc4c(cnn4C(C)(C)C)c(=O)n32)c1. The number of nitrogens with one attached hydrogen (secondary N) is 1. The van der Waals surface area contributed by atoms with Crippen molar-refractivity contribution in [2.75, 3.05) is 11.1 Å². The number of rotatable bonds is 4. The molecule has 1 atom stereocenters. The highest BCUT2D eigenvalue weighted by Crippen LogP contribution is 2.34. The first-order valence-corrected chi connectivity index (χ1v) is 10.7. The molecule has 0 bridgehead atoms. The minimum Gasteiger partial charge on any atom is -0.326 e. The lowest BCUT2D eigenvalue weighted by atomic mass is 10.1. The predicted molar refractivity (Wildman–Crippen MR) is 116 cm³/mol. The summed E-state index contributed by atoms with van der Waals surface area (Å²) >= 11 is 1.47. The number of benzene rings is 1. The van der Waals surface area contributed by atoms with Gasteiger partial charge in [-0.25, -0.2) is 9.67 Å². The van der Waals surface area contributed by atoms with Crippen molar-refractivity contribution in [3.8, 4) is 0 Å². The summed E-state index contributed by atoms with van der Waals surface area (Å²) in [6.45, 7) is 7.50. The second kappa shape index (κ2) is 7.39. The molecule has 0 radical (unpaired) electrons. The largest absolute Gasteiger partial charge is 0.326 e. The van der Waals surface area contributed by atoms with Crippen LogP contribution in [0.25, 0.3) is 11.0 Å². The number of Topliss-reactive ketones (excluding diaryl/α,β-unsaturated/α-hetero) is 1. The molecule has 1 unspecified atom stereocenters. The Hall–Kier alpha value is -2.94. The van der Waals surface area contributed by atoms with Gasteiger partial charge >= 0.3 is 0 Å². The molecule has 0 saturated heterocycles. The molecule has 0 spiro atoms. The number of amides is 1. The van der Waals surface area contributed by atoms with E-state index in [-0.39, 0.29) is 35.3 Å². The fraction of sp³-hybridized carbons (Fsp3) is 0.381. The lowest BCUT2D eigenvalue weighted by Gasteiger charge is -2.20. The molecule has 4 rings (SSSR count). The van der Waals surface area contributed by atoms with Gasteiger partial charge in [-0.2, -0.15) is 5.10 Å². The van der Waals surface area contributed by atoms with Crippen LogP contribution in [0.5, 0.6) is 0 Å². The Morgan fingerprint density at radius 1 is 1.30 bits per heavy atom. The van der Waals surface area contributed by atoms with E-state index in [1.807, 2.05) is 20.8 Å². The Morgan fingerprint density at radius 2 is 2.07 bits per heavy atom. The maximum Gasteiger partial charge on any atom is 0.265 e. The Bertz CT molecular complexity index is 1220. The Balaban J connectivity index is 1.59. The van der Waals surface area contributed by atoms with Crippen LogP contribution in [-0.2, 0) is 10.3 Å². The molecule has 1 amide bonds. The summed E-state index contributed by atoms with van der Waals surface area (Å²) in [5.41, 5.74) is 1.19.